The number of carbonyl (C=O) groups excluding carboxylic acids is 1. The SMILES string of the molecule is O=C(CCN1CCC(CO)C1)c1cccc(Cl)c1Cl. The largest absolute Gasteiger partial charge is 0.396 e. The lowest BCUT2D eigenvalue weighted by atomic mass is 10.1. The minimum Gasteiger partial charge on any atom is -0.396 e. The third kappa shape index (κ3) is 3.69. The number of nitrogens with zero attached hydrogens (tertiary/aromatic N) is 1. The van der Waals surface area contributed by atoms with E-state index in [-0.39, 0.29) is 12.4 Å². The van der Waals surface area contributed by atoms with Gasteiger partial charge in [0.2, 0.25) is 0 Å². The molecule has 0 bridgehead atoms. The molecule has 1 saturated heterocycles. The van der Waals surface area contributed by atoms with Crippen LogP contribution >= 0.6 is 23.2 Å². The Morgan fingerprint density at radius 3 is 2.89 bits per heavy atom. The first-order chi connectivity index (χ1) is 9.11. The van der Waals surface area contributed by atoms with Gasteiger partial charge in [-0.25, -0.2) is 0 Å². The van der Waals surface area contributed by atoms with Gasteiger partial charge in [0.15, 0.2) is 5.78 Å². The van der Waals surface area contributed by atoms with Crippen molar-refractivity contribution in [1.82, 2.24) is 4.90 Å². The average Bonchev–Trinajstić information content (AvgIpc) is 2.87. The Kier molecular flexibility index (Phi) is 5.22. The highest BCUT2D eigenvalue weighted by Crippen LogP contribution is 2.26. The second-order valence-electron chi connectivity index (χ2n) is 4.91. The summed E-state index contributed by atoms with van der Waals surface area (Å²) in [7, 11) is 0. The first-order valence-electron chi connectivity index (χ1n) is 6.42. The molecule has 0 amide bonds. The topological polar surface area (TPSA) is 40.5 Å². The van der Waals surface area contributed by atoms with Gasteiger partial charge in [-0.15, -0.1) is 0 Å². The fourth-order valence-electron chi connectivity index (χ4n) is 2.38. The number of aliphatic hydroxyl groups excluding tert-OH is 1. The maximum Gasteiger partial charge on any atom is 0.165 e. The molecule has 3 nitrogen and oxygen atoms in total. The fourth-order valence-corrected chi connectivity index (χ4v) is 2.78. The first kappa shape index (κ1) is 14.8. The van der Waals surface area contributed by atoms with Gasteiger partial charge < -0.3 is 10.0 Å². The van der Waals surface area contributed by atoms with E-state index in [1.807, 2.05) is 0 Å². The number of rotatable bonds is 5. The Hall–Kier alpha value is -0.610. The van der Waals surface area contributed by atoms with Crippen LogP contribution in [-0.2, 0) is 0 Å². The summed E-state index contributed by atoms with van der Waals surface area (Å²) in [5.41, 5.74) is 0.493. The van der Waals surface area contributed by atoms with Crippen LogP contribution in [0.4, 0.5) is 0 Å². The van der Waals surface area contributed by atoms with Crippen molar-refractivity contribution < 1.29 is 9.90 Å². The number of hydrogen-bond acceptors (Lipinski definition) is 3. The zero-order valence-corrected chi connectivity index (χ0v) is 12.1. The number of Topliss-reactive ketones (excluding diaryl/α,β-unsaturated/α-hetero) is 1. The van der Waals surface area contributed by atoms with Crippen molar-refractivity contribution in [2.75, 3.05) is 26.2 Å². The quantitative estimate of drug-likeness (QED) is 0.850. The number of halogens is 2. The lowest BCUT2D eigenvalue weighted by Gasteiger charge is -2.15. The van der Waals surface area contributed by atoms with Gasteiger partial charge in [0.1, 0.15) is 0 Å². The van der Waals surface area contributed by atoms with Gasteiger partial charge >= 0.3 is 0 Å². The van der Waals surface area contributed by atoms with Crippen LogP contribution in [-0.4, -0.2) is 42.0 Å². The lowest BCUT2D eigenvalue weighted by Crippen LogP contribution is -2.24. The molecule has 1 fully saturated rings. The standard InChI is InChI=1S/C14H17Cl2NO2/c15-12-3-1-2-11(14(12)16)13(19)5-7-17-6-4-10(8-17)9-18/h1-3,10,18H,4-9H2. The van der Waals surface area contributed by atoms with Crippen LogP contribution in [0.3, 0.4) is 0 Å². The molecule has 1 heterocycles. The molecule has 0 aromatic heterocycles. The molecule has 1 aromatic carbocycles. The number of aliphatic hydroxyl groups is 1. The van der Waals surface area contributed by atoms with E-state index in [4.69, 9.17) is 28.3 Å². The molecule has 0 spiro atoms. The van der Waals surface area contributed by atoms with Crippen molar-refractivity contribution >= 4 is 29.0 Å². The monoisotopic (exact) mass is 301 g/mol. The lowest BCUT2D eigenvalue weighted by molar-refractivity contribution is 0.0967. The predicted molar refractivity (Wildman–Crippen MR) is 77.0 cm³/mol. The Bertz CT molecular complexity index is 465. The molecule has 1 aliphatic rings. The molecule has 1 N–H and O–H groups in total. The van der Waals surface area contributed by atoms with Gasteiger partial charge in [0.25, 0.3) is 0 Å². The smallest absolute Gasteiger partial charge is 0.165 e. The summed E-state index contributed by atoms with van der Waals surface area (Å²) in [5.74, 6) is 0.366. The summed E-state index contributed by atoms with van der Waals surface area (Å²) < 4.78 is 0. The molecule has 19 heavy (non-hydrogen) atoms. The van der Waals surface area contributed by atoms with Gasteiger partial charge in [0, 0.05) is 31.7 Å². The van der Waals surface area contributed by atoms with Crippen molar-refractivity contribution in [3.63, 3.8) is 0 Å². The summed E-state index contributed by atoms with van der Waals surface area (Å²) in [5, 5.41) is 9.83. The molecule has 0 saturated carbocycles. The highest BCUT2D eigenvalue weighted by atomic mass is 35.5. The minimum atomic E-state index is 0.0138. The second-order valence-corrected chi connectivity index (χ2v) is 5.70. The van der Waals surface area contributed by atoms with E-state index >= 15 is 0 Å². The highest BCUT2D eigenvalue weighted by Gasteiger charge is 2.22. The zero-order chi connectivity index (χ0) is 13.8. The molecule has 1 aliphatic heterocycles. The zero-order valence-electron chi connectivity index (χ0n) is 10.6. The van der Waals surface area contributed by atoms with Crippen LogP contribution in [0.15, 0.2) is 18.2 Å². The van der Waals surface area contributed by atoms with E-state index in [1.165, 1.54) is 0 Å². The maximum atomic E-state index is 12.1. The summed E-state index contributed by atoms with van der Waals surface area (Å²) >= 11 is 11.9. The van der Waals surface area contributed by atoms with E-state index < -0.39 is 0 Å². The van der Waals surface area contributed by atoms with Crippen molar-refractivity contribution in [3.05, 3.63) is 33.8 Å². The third-order valence-electron chi connectivity index (χ3n) is 3.54. The van der Waals surface area contributed by atoms with Gasteiger partial charge in [-0.3, -0.25) is 4.79 Å². The Morgan fingerprint density at radius 2 is 2.21 bits per heavy atom. The maximum absolute atomic E-state index is 12.1. The molecule has 104 valence electrons. The van der Waals surface area contributed by atoms with Gasteiger partial charge in [-0.1, -0.05) is 29.3 Å². The van der Waals surface area contributed by atoms with Gasteiger partial charge in [-0.05, 0) is 31.0 Å². The molecule has 5 heteroatoms. The Balaban J connectivity index is 1.90. The molecule has 1 atom stereocenters. The van der Waals surface area contributed by atoms with Crippen LogP contribution in [0.2, 0.25) is 10.0 Å². The number of benzene rings is 1. The van der Waals surface area contributed by atoms with E-state index in [2.05, 4.69) is 4.90 Å². The molecule has 2 rings (SSSR count). The Labute approximate surface area is 123 Å². The van der Waals surface area contributed by atoms with E-state index in [9.17, 15) is 4.79 Å². The van der Waals surface area contributed by atoms with Crippen molar-refractivity contribution in [3.8, 4) is 0 Å². The summed E-state index contributed by atoms with van der Waals surface area (Å²) in [6, 6.07) is 5.11. The van der Waals surface area contributed by atoms with Crippen molar-refractivity contribution in [1.29, 1.82) is 0 Å². The van der Waals surface area contributed by atoms with Gasteiger partial charge in [-0.2, -0.15) is 0 Å². The van der Waals surface area contributed by atoms with Crippen LogP contribution in [0, 0.1) is 5.92 Å². The molecular weight excluding hydrogens is 285 g/mol. The van der Waals surface area contributed by atoms with Crippen LogP contribution in [0.25, 0.3) is 0 Å². The average molecular weight is 302 g/mol. The van der Waals surface area contributed by atoms with Gasteiger partial charge in [0.05, 0.1) is 10.0 Å². The highest BCUT2D eigenvalue weighted by molar-refractivity contribution is 6.43. The molecule has 0 radical (unpaired) electrons. The van der Waals surface area contributed by atoms with Crippen molar-refractivity contribution in [2.24, 2.45) is 5.92 Å². The molecular formula is C14H17Cl2NO2. The molecule has 1 aromatic rings. The Morgan fingerprint density at radius 1 is 1.42 bits per heavy atom. The van der Waals surface area contributed by atoms with E-state index in [0.717, 1.165) is 19.5 Å². The second kappa shape index (κ2) is 6.71. The number of carbonyl (C=O) groups is 1. The van der Waals surface area contributed by atoms with Crippen LogP contribution in [0.5, 0.6) is 0 Å². The van der Waals surface area contributed by atoms with E-state index in [0.29, 0.717) is 34.5 Å². The fraction of sp³-hybridized carbons (Fsp3) is 0.500. The minimum absolute atomic E-state index is 0.0138. The number of likely N-dealkylation sites (tertiary alicyclic amines) is 1. The normalized spacial score (nSPS) is 19.8. The number of hydrogen-bond donors (Lipinski definition) is 1. The predicted octanol–water partition coefficient (Wildman–Crippen LogP) is 2.88. The third-order valence-corrected chi connectivity index (χ3v) is 4.35. The molecule has 0 aliphatic carbocycles. The summed E-state index contributed by atoms with van der Waals surface area (Å²) in [6.45, 7) is 2.75. The van der Waals surface area contributed by atoms with Crippen LogP contribution in [0.1, 0.15) is 23.2 Å². The van der Waals surface area contributed by atoms with Crippen LogP contribution < -0.4 is 0 Å². The summed E-state index contributed by atoms with van der Waals surface area (Å²) in [4.78, 5) is 14.3. The summed E-state index contributed by atoms with van der Waals surface area (Å²) in [6.07, 6.45) is 1.43. The number of ketones is 1. The van der Waals surface area contributed by atoms with Crippen molar-refractivity contribution in [2.45, 2.75) is 12.8 Å². The first-order valence-corrected chi connectivity index (χ1v) is 7.18. The molecule has 1 unspecified atom stereocenters. The van der Waals surface area contributed by atoms with E-state index in [1.54, 1.807) is 18.2 Å².